The Morgan fingerprint density at radius 2 is 2.08 bits per heavy atom. The first-order valence-electron chi connectivity index (χ1n) is 7.82. The van der Waals surface area contributed by atoms with Crippen molar-refractivity contribution in [3.05, 3.63) is 76.5 Å². The lowest BCUT2D eigenvalue weighted by Crippen LogP contribution is -2.22. The van der Waals surface area contributed by atoms with Crippen molar-refractivity contribution in [2.45, 2.75) is 20.4 Å². The average Bonchev–Trinajstić information content (AvgIpc) is 3.10. The Balaban J connectivity index is 1.74. The van der Waals surface area contributed by atoms with Gasteiger partial charge in [-0.25, -0.2) is 0 Å². The summed E-state index contributed by atoms with van der Waals surface area (Å²) in [7, 11) is 0. The van der Waals surface area contributed by atoms with Crippen LogP contribution in [0.5, 0.6) is 0 Å². The standard InChI is InChI=1S/C19H18ClN3O2/c1-12-6-13(2)18(17(20)7-12)23-15-8-14(9-21-10-15)19(24)22-11-16-4-3-5-25-16/h3-10,23H,11H2,1-2H3,(H,22,24). The van der Waals surface area contributed by atoms with Gasteiger partial charge in [-0.3, -0.25) is 9.78 Å². The Bertz CT molecular complexity index is 868. The van der Waals surface area contributed by atoms with Crippen LogP contribution >= 0.6 is 11.6 Å². The van der Waals surface area contributed by atoms with E-state index in [2.05, 4.69) is 15.6 Å². The Morgan fingerprint density at radius 1 is 1.24 bits per heavy atom. The van der Waals surface area contributed by atoms with E-state index >= 15 is 0 Å². The fourth-order valence-electron chi connectivity index (χ4n) is 2.53. The van der Waals surface area contributed by atoms with Gasteiger partial charge in [0.25, 0.3) is 5.91 Å². The third kappa shape index (κ3) is 4.19. The molecule has 2 N–H and O–H groups in total. The fourth-order valence-corrected chi connectivity index (χ4v) is 2.90. The molecule has 25 heavy (non-hydrogen) atoms. The summed E-state index contributed by atoms with van der Waals surface area (Å²) in [5.74, 6) is 0.469. The van der Waals surface area contributed by atoms with Crippen LogP contribution in [0.2, 0.25) is 5.02 Å². The monoisotopic (exact) mass is 355 g/mol. The third-order valence-corrected chi connectivity index (χ3v) is 4.00. The molecule has 0 aliphatic heterocycles. The van der Waals surface area contributed by atoms with Crippen molar-refractivity contribution in [2.24, 2.45) is 0 Å². The number of aromatic nitrogens is 1. The molecule has 0 bridgehead atoms. The average molecular weight is 356 g/mol. The Hall–Kier alpha value is -2.79. The van der Waals surface area contributed by atoms with Crippen LogP contribution < -0.4 is 10.6 Å². The Kier molecular flexibility index (Phi) is 5.05. The van der Waals surface area contributed by atoms with Gasteiger partial charge in [-0.15, -0.1) is 0 Å². The molecule has 0 radical (unpaired) electrons. The van der Waals surface area contributed by atoms with Crippen LogP contribution in [0.15, 0.2) is 53.4 Å². The number of nitrogens with zero attached hydrogens (tertiary/aromatic N) is 1. The molecule has 1 amide bonds. The molecule has 0 fully saturated rings. The van der Waals surface area contributed by atoms with E-state index in [1.807, 2.05) is 26.0 Å². The highest BCUT2D eigenvalue weighted by molar-refractivity contribution is 6.33. The first kappa shape index (κ1) is 17.0. The topological polar surface area (TPSA) is 67.2 Å². The predicted molar refractivity (Wildman–Crippen MR) is 98.3 cm³/mol. The minimum atomic E-state index is -0.223. The summed E-state index contributed by atoms with van der Waals surface area (Å²) >= 11 is 6.32. The minimum absolute atomic E-state index is 0.223. The third-order valence-electron chi connectivity index (χ3n) is 3.70. The number of anilines is 2. The molecule has 2 aromatic heterocycles. The van der Waals surface area contributed by atoms with E-state index in [4.69, 9.17) is 16.0 Å². The molecular formula is C19H18ClN3O2. The molecule has 0 unspecified atom stereocenters. The normalized spacial score (nSPS) is 10.5. The summed E-state index contributed by atoms with van der Waals surface area (Å²) in [6, 6.07) is 9.26. The maximum Gasteiger partial charge on any atom is 0.253 e. The molecule has 128 valence electrons. The SMILES string of the molecule is Cc1cc(C)c(Nc2cncc(C(=O)NCc3ccco3)c2)c(Cl)c1. The van der Waals surface area contributed by atoms with E-state index < -0.39 is 0 Å². The highest BCUT2D eigenvalue weighted by Crippen LogP contribution is 2.30. The van der Waals surface area contributed by atoms with Gasteiger partial charge >= 0.3 is 0 Å². The molecule has 5 nitrogen and oxygen atoms in total. The van der Waals surface area contributed by atoms with Gasteiger partial charge < -0.3 is 15.1 Å². The number of halogens is 1. The molecule has 0 saturated heterocycles. The summed E-state index contributed by atoms with van der Waals surface area (Å²) in [4.78, 5) is 16.4. The predicted octanol–water partition coefficient (Wildman–Crippen LogP) is 4.62. The number of carbonyl (C=O) groups excluding carboxylic acids is 1. The van der Waals surface area contributed by atoms with E-state index in [-0.39, 0.29) is 5.91 Å². The molecule has 3 aromatic rings. The summed E-state index contributed by atoms with van der Waals surface area (Å²) < 4.78 is 5.20. The van der Waals surface area contributed by atoms with Crippen molar-refractivity contribution in [1.82, 2.24) is 10.3 Å². The number of hydrogen-bond acceptors (Lipinski definition) is 4. The minimum Gasteiger partial charge on any atom is -0.467 e. The summed E-state index contributed by atoms with van der Waals surface area (Å²) in [5.41, 5.74) is 4.08. The molecule has 6 heteroatoms. The summed E-state index contributed by atoms with van der Waals surface area (Å²) in [6.45, 7) is 4.30. The van der Waals surface area contributed by atoms with Gasteiger partial charge in [-0.1, -0.05) is 17.7 Å². The molecule has 1 aromatic carbocycles. The number of aryl methyl sites for hydroxylation is 2. The van der Waals surface area contributed by atoms with Gasteiger partial charge in [-0.05, 0) is 49.2 Å². The lowest BCUT2D eigenvalue weighted by atomic mass is 10.1. The van der Waals surface area contributed by atoms with Crippen LogP contribution in [0.1, 0.15) is 27.2 Å². The van der Waals surface area contributed by atoms with Gasteiger partial charge in [0.05, 0.1) is 41.0 Å². The van der Waals surface area contributed by atoms with E-state index in [0.29, 0.717) is 28.6 Å². The smallest absolute Gasteiger partial charge is 0.253 e. The van der Waals surface area contributed by atoms with Crippen LogP contribution in [-0.2, 0) is 6.54 Å². The van der Waals surface area contributed by atoms with Crippen LogP contribution in [0.3, 0.4) is 0 Å². The zero-order valence-corrected chi connectivity index (χ0v) is 14.7. The molecule has 0 aliphatic carbocycles. The maximum atomic E-state index is 12.3. The van der Waals surface area contributed by atoms with Crippen molar-refractivity contribution >= 4 is 28.9 Å². The van der Waals surface area contributed by atoms with Crippen molar-refractivity contribution in [3.8, 4) is 0 Å². The van der Waals surface area contributed by atoms with Gasteiger partial charge in [0.2, 0.25) is 0 Å². The Labute approximate surface area is 151 Å². The number of amides is 1. The number of pyridine rings is 1. The first-order chi connectivity index (χ1) is 12.0. The van der Waals surface area contributed by atoms with Crippen LogP contribution in [0.4, 0.5) is 11.4 Å². The van der Waals surface area contributed by atoms with Crippen LogP contribution in [0, 0.1) is 13.8 Å². The highest BCUT2D eigenvalue weighted by Gasteiger charge is 2.10. The number of carbonyl (C=O) groups is 1. The van der Waals surface area contributed by atoms with Crippen molar-refractivity contribution in [1.29, 1.82) is 0 Å². The largest absolute Gasteiger partial charge is 0.467 e. The molecule has 0 atom stereocenters. The Morgan fingerprint density at radius 3 is 2.80 bits per heavy atom. The van der Waals surface area contributed by atoms with E-state index in [1.54, 1.807) is 30.7 Å². The zero-order chi connectivity index (χ0) is 17.8. The number of hydrogen-bond donors (Lipinski definition) is 2. The second kappa shape index (κ2) is 7.40. The van der Waals surface area contributed by atoms with E-state index in [9.17, 15) is 4.79 Å². The fraction of sp³-hybridized carbons (Fsp3) is 0.158. The van der Waals surface area contributed by atoms with Gasteiger partial charge in [-0.2, -0.15) is 0 Å². The second-order valence-corrected chi connectivity index (χ2v) is 6.20. The van der Waals surface area contributed by atoms with Gasteiger partial charge in [0.15, 0.2) is 0 Å². The second-order valence-electron chi connectivity index (χ2n) is 5.79. The molecule has 3 rings (SSSR count). The maximum absolute atomic E-state index is 12.3. The number of rotatable bonds is 5. The lowest BCUT2D eigenvalue weighted by molar-refractivity contribution is 0.0947. The van der Waals surface area contributed by atoms with Crippen LogP contribution in [0.25, 0.3) is 0 Å². The van der Waals surface area contributed by atoms with Crippen molar-refractivity contribution in [3.63, 3.8) is 0 Å². The molecular weight excluding hydrogens is 338 g/mol. The quantitative estimate of drug-likeness (QED) is 0.700. The van der Waals surface area contributed by atoms with Crippen molar-refractivity contribution < 1.29 is 9.21 Å². The molecule has 0 aliphatic rings. The highest BCUT2D eigenvalue weighted by atomic mass is 35.5. The molecule has 2 heterocycles. The summed E-state index contributed by atoms with van der Waals surface area (Å²) in [6.07, 6.45) is 4.74. The van der Waals surface area contributed by atoms with E-state index in [0.717, 1.165) is 16.8 Å². The lowest BCUT2D eigenvalue weighted by Gasteiger charge is -2.13. The van der Waals surface area contributed by atoms with Crippen molar-refractivity contribution in [2.75, 3.05) is 5.32 Å². The first-order valence-corrected chi connectivity index (χ1v) is 8.20. The molecule has 0 saturated carbocycles. The number of furan rings is 1. The van der Waals surface area contributed by atoms with Gasteiger partial charge in [0.1, 0.15) is 5.76 Å². The zero-order valence-electron chi connectivity index (χ0n) is 14.0. The summed E-state index contributed by atoms with van der Waals surface area (Å²) in [5, 5.41) is 6.67. The number of benzene rings is 1. The van der Waals surface area contributed by atoms with Crippen LogP contribution in [-0.4, -0.2) is 10.9 Å². The molecule has 0 spiro atoms. The van der Waals surface area contributed by atoms with E-state index in [1.165, 1.54) is 6.20 Å². The van der Waals surface area contributed by atoms with Gasteiger partial charge in [0, 0.05) is 6.20 Å². The number of nitrogens with one attached hydrogen (secondary N) is 2.